The third kappa shape index (κ3) is 10.9. The number of alkyl halides is 5. The zero-order chi connectivity index (χ0) is 19.5. The lowest BCUT2D eigenvalue weighted by Gasteiger charge is -2.19. The average Bonchev–Trinajstić information content (AvgIpc) is 2.49. The summed E-state index contributed by atoms with van der Waals surface area (Å²) in [6.45, 7) is 6.21. The maximum Gasteiger partial charge on any atom is 0.453 e. The van der Waals surface area contributed by atoms with Crippen molar-refractivity contribution in [2.45, 2.75) is 83.1 Å². The Morgan fingerprint density at radius 3 is 2.20 bits per heavy atom. The molecule has 0 bridgehead atoms. The van der Waals surface area contributed by atoms with Crippen LogP contribution in [-0.2, 0) is 9.53 Å². The zero-order valence-corrected chi connectivity index (χ0v) is 15.9. The van der Waals surface area contributed by atoms with Crippen molar-refractivity contribution in [3.05, 3.63) is 0 Å². The Labute approximate surface area is 151 Å². The van der Waals surface area contributed by atoms with Crippen molar-refractivity contribution >= 4 is 17.7 Å². The van der Waals surface area contributed by atoms with E-state index in [0.29, 0.717) is 18.8 Å². The molecule has 1 unspecified atom stereocenters. The molecule has 0 heterocycles. The second kappa shape index (κ2) is 12.0. The Morgan fingerprint density at radius 2 is 1.68 bits per heavy atom. The molecule has 0 aromatic heterocycles. The Bertz CT molecular complexity index is 373. The smallest absolute Gasteiger partial charge is 0.453 e. The molecule has 0 aromatic carbocycles. The van der Waals surface area contributed by atoms with Gasteiger partial charge in [-0.3, -0.25) is 4.79 Å². The number of halogens is 5. The largest absolute Gasteiger partial charge is 0.465 e. The molecule has 1 atom stereocenters. The van der Waals surface area contributed by atoms with Gasteiger partial charge in [-0.15, -0.1) is 11.8 Å². The molecule has 0 radical (unpaired) electrons. The van der Waals surface area contributed by atoms with Crippen molar-refractivity contribution in [1.29, 1.82) is 0 Å². The van der Waals surface area contributed by atoms with Crippen molar-refractivity contribution in [1.82, 2.24) is 0 Å². The summed E-state index contributed by atoms with van der Waals surface area (Å²) in [5.41, 5.74) is 0. The van der Waals surface area contributed by atoms with Crippen LogP contribution >= 0.6 is 11.8 Å². The standard InChI is InChI=1S/C17H29F5O2S/c1-4-5-6-9-14(15(23)24-12-13(2)3)25-11-8-7-10-16(18,19)17(20,21)22/h13-14H,4-12H2,1-3H3. The monoisotopic (exact) mass is 392 g/mol. The minimum atomic E-state index is -5.50. The van der Waals surface area contributed by atoms with Crippen LogP contribution in [0.3, 0.4) is 0 Å². The van der Waals surface area contributed by atoms with Crippen molar-refractivity contribution in [2.24, 2.45) is 5.92 Å². The highest BCUT2D eigenvalue weighted by atomic mass is 32.2. The van der Waals surface area contributed by atoms with Crippen LogP contribution < -0.4 is 0 Å². The van der Waals surface area contributed by atoms with Crippen LogP contribution in [0, 0.1) is 5.92 Å². The fourth-order valence-corrected chi connectivity index (χ4v) is 3.20. The van der Waals surface area contributed by atoms with Crippen LogP contribution in [-0.4, -0.2) is 35.7 Å². The molecule has 0 aliphatic heterocycles. The van der Waals surface area contributed by atoms with Gasteiger partial charge in [0.1, 0.15) is 5.25 Å². The summed E-state index contributed by atoms with van der Waals surface area (Å²) in [6.07, 6.45) is -3.26. The van der Waals surface area contributed by atoms with Gasteiger partial charge >= 0.3 is 18.1 Å². The van der Waals surface area contributed by atoms with E-state index in [1.165, 1.54) is 11.8 Å². The summed E-state index contributed by atoms with van der Waals surface area (Å²) in [4.78, 5) is 12.1. The molecule has 0 rings (SSSR count). The van der Waals surface area contributed by atoms with Gasteiger partial charge in [-0.1, -0.05) is 40.0 Å². The fraction of sp³-hybridized carbons (Fsp3) is 0.941. The number of ether oxygens (including phenoxy) is 1. The van der Waals surface area contributed by atoms with Crippen LogP contribution in [0.2, 0.25) is 0 Å². The molecule has 0 spiro atoms. The number of unbranched alkanes of at least 4 members (excludes halogenated alkanes) is 3. The van der Waals surface area contributed by atoms with Gasteiger partial charge in [-0.25, -0.2) is 0 Å². The van der Waals surface area contributed by atoms with Crippen LogP contribution in [0.1, 0.15) is 65.7 Å². The van der Waals surface area contributed by atoms with Crippen molar-refractivity contribution in [3.8, 4) is 0 Å². The lowest BCUT2D eigenvalue weighted by atomic mass is 10.1. The number of carbonyl (C=O) groups is 1. The maximum absolute atomic E-state index is 12.8. The third-order valence-electron chi connectivity index (χ3n) is 3.51. The van der Waals surface area contributed by atoms with Gasteiger partial charge in [0.05, 0.1) is 6.61 Å². The van der Waals surface area contributed by atoms with Gasteiger partial charge in [0.2, 0.25) is 0 Å². The highest BCUT2D eigenvalue weighted by Crippen LogP contribution is 2.39. The quantitative estimate of drug-likeness (QED) is 0.211. The minimum Gasteiger partial charge on any atom is -0.465 e. The van der Waals surface area contributed by atoms with E-state index in [2.05, 4.69) is 0 Å². The third-order valence-corrected chi connectivity index (χ3v) is 4.87. The fourth-order valence-electron chi connectivity index (χ4n) is 2.01. The summed E-state index contributed by atoms with van der Waals surface area (Å²) in [5, 5.41) is -0.381. The number of hydrogen-bond acceptors (Lipinski definition) is 3. The first kappa shape index (κ1) is 24.5. The van der Waals surface area contributed by atoms with E-state index in [0.717, 1.165) is 19.3 Å². The number of rotatable bonds is 13. The molecule has 0 N–H and O–H groups in total. The Balaban J connectivity index is 4.26. The molecule has 0 aliphatic carbocycles. The Morgan fingerprint density at radius 1 is 1.04 bits per heavy atom. The predicted molar refractivity (Wildman–Crippen MR) is 91.0 cm³/mol. The molecular weight excluding hydrogens is 363 g/mol. The molecule has 150 valence electrons. The number of carbonyl (C=O) groups excluding carboxylic acids is 1. The lowest BCUT2D eigenvalue weighted by molar-refractivity contribution is -0.284. The lowest BCUT2D eigenvalue weighted by Crippen LogP contribution is -2.36. The molecule has 0 saturated heterocycles. The van der Waals surface area contributed by atoms with Gasteiger partial charge in [0, 0.05) is 6.42 Å². The van der Waals surface area contributed by atoms with Gasteiger partial charge in [0.15, 0.2) is 0 Å². The van der Waals surface area contributed by atoms with Crippen LogP contribution in [0.15, 0.2) is 0 Å². The highest BCUT2D eigenvalue weighted by Gasteiger charge is 2.56. The zero-order valence-electron chi connectivity index (χ0n) is 15.1. The summed E-state index contributed by atoms with van der Waals surface area (Å²) < 4.78 is 67.1. The van der Waals surface area contributed by atoms with Gasteiger partial charge in [-0.05, 0) is 30.9 Å². The summed E-state index contributed by atoms with van der Waals surface area (Å²) in [7, 11) is 0. The molecule has 8 heteroatoms. The second-order valence-corrected chi connectivity index (χ2v) is 7.85. The highest BCUT2D eigenvalue weighted by molar-refractivity contribution is 8.00. The maximum atomic E-state index is 12.8. The normalized spacial score (nSPS) is 14.0. The van der Waals surface area contributed by atoms with E-state index in [4.69, 9.17) is 4.74 Å². The molecular formula is C17H29F5O2S. The summed E-state index contributed by atoms with van der Waals surface area (Å²) in [5.74, 6) is -4.39. The first-order valence-electron chi connectivity index (χ1n) is 8.74. The molecule has 0 aromatic rings. The number of esters is 1. The first-order chi connectivity index (χ1) is 11.5. The first-order valence-corrected chi connectivity index (χ1v) is 9.79. The SMILES string of the molecule is CCCCCC(SCCCCC(F)(F)C(F)(F)F)C(=O)OCC(C)C. The molecule has 0 amide bonds. The van der Waals surface area contributed by atoms with Gasteiger partial charge in [-0.2, -0.15) is 22.0 Å². The van der Waals surface area contributed by atoms with Crippen LogP contribution in [0.4, 0.5) is 22.0 Å². The number of thioether (sulfide) groups is 1. The van der Waals surface area contributed by atoms with E-state index < -0.39 is 18.5 Å². The summed E-state index contributed by atoms with van der Waals surface area (Å²) in [6, 6.07) is 0. The van der Waals surface area contributed by atoms with Gasteiger partial charge in [0.25, 0.3) is 0 Å². The molecule has 2 nitrogen and oxygen atoms in total. The molecule has 0 saturated carbocycles. The van der Waals surface area contributed by atoms with E-state index in [1.54, 1.807) is 0 Å². The summed E-state index contributed by atoms with van der Waals surface area (Å²) >= 11 is 1.29. The van der Waals surface area contributed by atoms with E-state index in [9.17, 15) is 26.7 Å². The van der Waals surface area contributed by atoms with E-state index in [-0.39, 0.29) is 30.0 Å². The Hall–Kier alpha value is -0.530. The Kier molecular flexibility index (Phi) is 11.7. The van der Waals surface area contributed by atoms with Crippen LogP contribution in [0.5, 0.6) is 0 Å². The van der Waals surface area contributed by atoms with Crippen molar-refractivity contribution < 1.29 is 31.5 Å². The molecule has 0 fully saturated rings. The number of hydrogen-bond donors (Lipinski definition) is 0. The topological polar surface area (TPSA) is 26.3 Å². The molecule has 25 heavy (non-hydrogen) atoms. The van der Waals surface area contributed by atoms with Gasteiger partial charge < -0.3 is 4.74 Å². The van der Waals surface area contributed by atoms with E-state index >= 15 is 0 Å². The predicted octanol–water partition coefficient (Wildman–Crippen LogP) is 6.24. The van der Waals surface area contributed by atoms with Crippen molar-refractivity contribution in [3.63, 3.8) is 0 Å². The minimum absolute atomic E-state index is 0.206. The van der Waals surface area contributed by atoms with Crippen LogP contribution in [0.25, 0.3) is 0 Å². The molecule has 0 aliphatic rings. The van der Waals surface area contributed by atoms with Crippen molar-refractivity contribution in [2.75, 3.05) is 12.4 Å². The average molecular weight is 392 g/mol. The second-order valence-electron chi connectivity index (χ2n) is 6.54. The van der Waals surface area contributed by atoms with E-state index in [1.807, 2.05) is 20.8 Å².